The minimum absolute atomic E-state index is 0.138. The van der Waals surface area contributed by atoms with Crippen molar-refractivity contribution in [3.05, 3.63) is 35.4 Å². The predicted molar refractivity (Wildman–Crippen MR) is 88.7 cm³/mol. The zero-order chi connectivity index (χ0) is 15.7. The molecule has 0 aliphatic carbocycles. The van der Waals surface area contributed by atoms with Gasteiger partial charge < -0.3 is 14.8 Å². The minimum Gasteiger partial charge on any atom is -0.379 e. The SMILES string of the molecule is CCOCC(C)OCc1ccc(C(C)CNC(C)C)cc1. The first-order chi connectivity index (χ1) is 10.0. The summed E-state index contributed by atoms with van der Waals surface area (Å²) in [6.45, 7) is 13.7. The highest BCUT2D eigenvalue weighted by Gasteiger charge is 2.07. The molecule has 3 heteroatoms. The summed E-state index contributed by atoms with van der Waals surface area (Å²) in [5.41, 5.74) is 2.58. The van der Waals surface area contributed by atoms with Gasteiger partial charge in [0.25, 0.3) is 0 Å². The molecule has 0 radical (unpaired) electrons. The van der Waals surface area contributed by atoms with Gasteiger partial charge >= 0.3 is 0 Å². The van der Waals surface area contributed by atoms with Crippen molar-refractivity contribution in [1.29, 1.82) is 0 Å². The topological polar surface area (TPSA) is 30.5 Å². The third-order valence-corrected chi connectivity index (χ3v) is 3.47. The second-order valence-corrected chi connectivity index (χ2v) is 5.99. The summed E-state index contributed by atoms with van der Waals surface area (Å²) in [4.78, 5) is 0. The van der Waals surface area contributed by atoms with Crippen LogP contribution in [0.15, 0.2) is 24.3 Å². The molecule has 1 aromatic rings. The molecule has 21 heavy (non-hydrogen) atoms. The Balaban J connectivity index is 2.39. The lowest BCUT2D eigenvalue weighted by atomic mass is 9.99. The fraction of sp³-hybridized carbons (Fsp3) is 0.667. The van der Waals surface area contributed by atoms with Crippen molar-refractivity contribution in [1.82, 2.24) is 5.32 Å². The van der Waals surface area contributed by atoms with E-state index in [1.807, 2.05) is 13.8 Å². The van der Waals surface area contributed by atoms with Gasteiger partial charge in [-0.2, -0.15) is 0 Å². The molecule has 3 nitrogen and oxygen atoms in total. The molecule has 0 aliphatic heterocycles. The fourth-order valence-electron chi connectivity index (χ4n) is 2.04. The van der Waals surface area contributed by atoms with Crippen LogP contribution in [0.25, 0.3) is 0 Å². The molecule has 0 saturated heterocycles. The second kappa shape index (κ2) is 9.93. The third kappa shape index (κ3) is 7.60. The van der Waals surface area contributed by atoms with Crippen molar-refractivity contribution in [2.75, 3.05) is 19.8 Å². The van der Waals surface area contributed by atoms with E-state index in [4.69, 9.17) is 9.47 Å². The summed E-state index contributed by atoms with van der Waals surface area (Å²) >= 11 is 0. The Morgan fingerprint density at radius 3 is 2.29 bits per heavy atom. The molecule has 2 unspecified atom stereocenters. The smallest absolute Gasteiger partial charge is 0.0785 e. The molecule has 0 heterocycles. The van der Waals surface area contributed by atoms with Crippen LogP contribution in [-0.2, 0) is 16.1 Å². The Kier molecular flexibility index (Phi) is 8.58. The van der Waals surface area contributed by atoms with Gasteiger partial charge in [-0.3, -0.25) is 0 Å². The lowest BCUT2D eigenvalue weighted by Gasteiger charge is -2.16. The van der Waals surface area contributed by atoms with Gasteiger partial charge in [-0.05, 0) is 30.9 Å². The zero-order valence-corrected chi connectivity index (χ0v) is 14.2. The molecule has 0 aliphatic rings. The van der Waals surface area contributed by atoms with Crippen LogP contribution in [0.5, 0.6) is 0 Å². The molecule has 120 valence electrons. The molecule has 0 aromatic heterocycles. The predicted octanol–water partition coefficient (Wildman–Crippen LogP) is 3.73. The van der Waals surface area contributed by atoms with E-state index in [2.05, 4.69) is 50.4 Å². The molecule has 0 amide bonds. The van der Waals surface area contributed by atoms with Crippen molar-refractivity contribution in [3.63, 3.8) is 0 Å². The maximum absolute atomic E-state index is 5.77. The molecule has 1 aromatic carbocycles. The lowest BCUT2D eigenvalue weighted by molar-refractivity contribution is -0.0116. The van der Waals surface area contributed by atoms with E-state index in [-0.39, 0.29) is 6.10 Å². The third-order valence-electron chi connectivity index (χ3n) is 3.47. The normalized spacial score (nSPS) is 14.4. The molecule has 0 saturated carbocycles. The van der Waals surface area contributed by atoms with E-state index in [1.165, 1.54) is 11.1 Å². The summed E-state index contributed by atoms with van der Waals surface area (Å²) in [5, 5.41) is 3.48. The average molecular weight is 293 g/mol. The first-order valence-electron chi connectivity index (χ1n) is 8.04. The largest absolute Gasteiger partial charge is 0.379 e. The first-order valence-corrected chi connectivity index (χ1v) is 8.04. The van der Waals surface area contributed by atoms with E-state index in [9.17, 15) is 0 Å². The molecule has 0 fully saturated rings. The van der Waals surface area contributed by atoms with Crippen LogP contribution in [0.1, 0.15) is 51.7 Å². The number of nitrogens with one attached hydrogen (secondary N) is 1. The lowest BCUT2D eigenvalue weighted by Crippen LogP contribution is -2.26. The van der Waals surface area contributed by atoms with Crippen molar-refractivity contribution in [3.8, 4) is 0 Å². The summed E-state index contributed by atoms with van der Waals surface area (Å²) < 4.78 is 11.1. The van der Waals surface area contributed by atoms with Crippen LogP contribution in [0, 0.1) is 0 Å². The van der Waals surface area contributed by atoms with Crippen LogP contribution in [-0.4, -0.2) is 31.9 Å². The highest BCUT2D eigenvalue weighted by molar-refractivity contribution is 5.25. The van der Waals surface area contributed by atoms with Gasteiger partial charge in [-0.1, -0.05) is 45.0 Å². The molecule has 1 rings (SSSR count). The molecular formula is C18H31NO2. The zero-order valence-electron chi connectivity index (χ0n) is 14.2. The van der Waals surface area contributed by atoms with Crippen LogP contribution in [0.2, 0.25) is 0 Å². The molecule has 2 atom stereocenters. The van der Waals surface area contributed by atoms with E-state index in [0.29, 0.717) is 25.2 Å². The summed E-state index contributed by atoms with van der Waals surface area (Å²) in [5.74, 6) is 0.527. The summed E-state index contributed by atoms with van der Waals surface area (Å²) in [6, 6.07) is 9.27. The summed E-state index contributed by atoms with van der Waals surface area (Å²) in [6.07, 6.45) is 0.138. The van der Waals surface area contributed by atoms with Gasteiger partial charge in [0, 0.05) is 19.2 Å². The van der Waals surface area contributed by atoms with Gasteiger partial charge in [0.2, 0.25) is 0 Å². The van der Waals surface area contributed by atoms with Crippen LogP contribution < -0.4 is 5.32 Å². The van der Waals surface area contributed by atoms with E-state index < -0.39 is 0 Å². The van der Waals surface area contributed by atoms with Crippen molar-refractivity contribution in [2.24, 2.45) is 0 Å². The van der Waals surface area contributed by atoms with E-state index in [1.54, 1.807) is 0 Å². The van der Waals surface area contributed by atoms with Crippen LogP contribution >= 0.6 is 0 Å². The minimum atomic E-state index is 0.138. The van der Waals surface area contributed by atoms with Gasteiger partial charge in [0.1, 0.15) is 0 Å². The number of ether oxygens (including phenoxy) is 2. The van der Waals surface area contributed by atoms with Crippen molar-refractivity contribution < 1.29 is 9.47 Å². The van der Waals surface area contributed by atoms with E-state index in [0.717, 1.165) is 13.2 Å². The van der Waals surface area contributed by atoms with Crippen molar-refractivity contribution in [2.45, 2.75) is 59.3 Å². The monoisotopic (exact) mass is 293 g/mol. The van der Waals surface area contributed by atoms with Crippen LogP contribution in [0.4, 0.5) is 0 Å². The molecule has 0 bridgehead atoms. The van der Waals surface area contributed by atoms with Gasteiger partial charge in [0.15, 0.2) is 0 Å². The average Bonchev–Trinajstić information content (AvgIpc) is 2.49. The Bertz CT molecular complexity index is 375. The number of benzene rings is 1. The maximum atomic E-state index is 5.77. The van der Waals surface area contributed by atoms with Gasteiger partial charge in [-0.25, -0.2) is 0 Å². The van der Waals surface area contributed by atoms with Gasteiger partial charge in [-0.15, -0.1) is 0 Å². The highest BCUT2D eigenvalue weighted by atomic mass is 16.5. The Morgan fingerprint density at radius 2 is 1.71 bits per heavy atom. The summed E-state index contributed by atoms with van der Waals surface area (Å²) in [7, 11) is 0. The van der Waals surface area contributed by atoms with Crippen LogP contribution in [0.3, 0.4) is 0 Å². The maximum Gasteiger partial charge on any atom is 0.0785 e. The molecule has 1 N–H and O–H groups in total. The Hall–Kier alpha value is -0.900. The standard InChI is InChI=1S/C18H31NO2/c1-6-20-12-16(5)21-13-17-7-9-18(10-8-17)15(4)11-19-14(2)3/h7-10,14-16,19H,6,11-13H2,1-5H3. The molecular weight excluding hydrogens is 262 g/mol. The van der Waals surface area contributed by atoms with Gasteiger partial charge in [0.05, 0.1) is 19.3 Å². The van der Waals surface area contributed by atoms with Crippen molar-refractivity contribution >= 4 is 0 Å². The Labute approximate surface area is 130 Å². The van der Waals surface area contributed by atoms with E-state index >= 15 is 0 Å². The Morgan fingerprint density at radius 1 is 1.05 bits per heavy atom. The first kappa shape index (κ1) is 18.1. The molecule has 0 spiro atoms. The quantitative estimate of drug-likeness (QED) is 0.713. The second-order valence-electron chi connectivity index (χ2n) is 5.99. The highest BCUT2D eigenvalue weighted by Crippen LogP contribution is 2.16. The number of rotatable bonds is 10. The fourth-order valence-corrected chi connectivity index (χ4v) is 2.04. The number of hydrogen-bond donors (Lipinski definition) is 1. The number of hydrogen-bond acceptors (Lipinski definition) is 3.